The fourth-order valence-corrected chi connectivity index (χ4v) is 2.37. The smallest absolute Gasteiger partial charge is 0.270 e. The van der Waals surface area contributed by atoms with E-state index in [9.17, 15) is 4.79 Å². The summed E-state index contributed by atoms with van der Waals surface area (Å²) in [5, 5.41) is 6.18. The number of carbonyl (C=O) groups excluding carboxylic acids is 1. The number of amides is 1. The maximum absolute atomic E-state index is 12.5. The quantitative estimate of drug-likeness (QED) is 0.638. The van der Waals surface area contributed by atoms with E-state index < -0.39 is 0 Å². The van der Waals surface area contributed by atoms with E-state index >= 15 is 0 Å². The van der Waals surface area contributed by atoms with Gasteiger partial charge < -0.3 is 15.4 Å². The maximum Gasteiger partial charge on any atom is 0.270 e. The zero-order chi connectivity index (χ0) is 18.8. The van der Waals surface area contributed by atoms with Gasteiger partial charge in [0, 0.05) is 38.4 Å². The average molecular weight is 356 g/mol. The van der Waals surface area contributed by atoms with Gasteiger partial charge in [-0.25, -0.2) is 9.97 Å². The van der Waals surface area contributed by atoms with E-state index in [1.54, 1.807) is 13.2 Å². The van der Waals surface area contributed by atoms with Crippen LogP contribution >= 0.6 is 0 Å². The van der Waals surface area contributed by atoms with Crippen molar-refractivity contribution in [3.05, 3.63) is 42.1 Å². The summed E-state index contributed by atoms with van der Waals surface area (Å²) < 4.78 is 5.06. The molecular formula is C20H28N4O2. The monoisotopic (exact) mass is 356 g/mol. The summed E-state index contributed by atoms with van der Waals surface area (Å²) in [7, 11) is 1.68. The summed E-state index contributed by atoms with van der Waals surface area (Å²) in [6.07, 6.45) is 1.79. The summed E-state index contributed by atoms with van der Waals surface area (Å²) in [6.45, 7) is 6.29. The highest BCUT2D eigenvalue weighted by molar-refractivity contribution is 5.93. The first-order valence-corrected chi connectivity index (χ1v) is 9.05. The highest BCUT2D eigenvalue weighted by Gasteiger charge is 2.13. The fourth-order valence-electron chi connectivity index (χ4n) is 2.37. The molecule has 6 heteroatoms. The summed E-state index contributed by atoms with van der Waals surface area (Å²) in [5.41, 5.74) is 1.25. The first kappa shape index (κ1) is 19.8. The van der Waals surface area contributed by atoms with Crippen LogP contribution in [-0.4, -0.2) is 42.7 Å². The lowest BCUT2D eigenvalue weighted by Gasteiger charge is -2.11. The van der Waals surface area contributed by atoms with Crippen LogP contribution in [-0.2, 0) is 4.74 Å². The summed E-state index contributed by atoms with van der Waals surface area (Å²) in [6, 6.07) is 11.4. The number of hydrogen-bond acceptors (Lipinski definition) is 5. The Bertz CT molecular complexity index is 689. The number of ether oxygens (including phenoxy) is 1. The van der Waals surface area contributed by atoms with Crippen LogP contribution in [0.15, 0.2) is 36.4 Å². The van der Waals surface area contributed by atoms with Crippen LogP contribution in [0.3, 0.4) is 0 Å². The van der Waals surface area contributed by atoms with Crippen LogP contribution < -0.4 is 10.6 Å². The number of hydrogen-bond donors (Lipinski definition) is 2. The molecule has 0 bridgehead atoms. The Labute approximate surface area is 155 Å². The third-order valence-electron chi connectivity index (χ3n) is 3.83. The van der Waals surface area contributed by atoms with Gasteiger partial charge in [0.05, 0.1) is 0 Å². The molecule has 0 fully saturated rings. The molecule has 2 rings (SSSR count). The molecule has 0 unspecified atom stereocenters. The predicted octanol–water partition coefficient (Wildman–Crippen LogP) is 3.37. The molecule has 1 amide bonds. The summed E-state index contributed by atoms with van der Waals surface area (Å²) >= 11 is 0. The predicted molar refractivity (Wildman–Crippen MR) is 104 cm³/mol. The fraction of sp³-hybridized carbons (Fsp3) is 0.450. The van der Waals surface area contributed by atoms with Crippen LogP contribution in [0.1, 0.15) is 37.2 Å². The van der Waals surface area contributed by atoms with E-state index in [-0.39, 0.29) is 5.91 Å². The number of anilines is 1. The van der Waals surface area contributed by atoms with E-state index in [1.165, 1.54) is 0 Å². The van der Waals surface area contributed by atoms with Crippen molar-refractivity contribution in [1.82, 2.24) is 15.3 Å². The number of aromatic nitrogens is 2. The minimum Gasteiger partial charge on any atom is -0.385 e. The second-order valence-corrected chi connectivity index (χ2v) is 6.54. The molecule has 0 spiro atoms. The van der Waals surface area contributed by atoms with Crippen molar-refractivity contribution in [2.45, 2.75) is 26.7 Å². The number of benzene rings is 1. The molecule has 1 aromatic heterocycles. The zero-order valence-corrected chi connectivity index (χ0v) is 15.8. The van der Waals surface area contributed by atoms with E-state index in [4.69, 9.17) is 4.74 Å². The van der Waals surface area contributed by atoms with E-state index in [0.29, 0.717) is 43.0 Å². The lowest BCUT2D eigenvalue weighted by atomic mass is 10.1. The summed E-state index contributed by atoms with van der Waals surface area (Å²) in [5.74, 6) is 1.55. The van der Waals surface area contributed by atoms with Gasteiger partial charge in [0.25, 0.3) is 5.91 Å². The van der Waals surface area contributed by atoms with Gasteiger partial charge in [-0.15, -0.1) is 0 Å². The molecule has 0 aliphatic heterocycles. The first-order chi connectivity index (χ1) is 12.6. The highest BCUT2D eigenvalue weighted by atomic mass is 16.5. The van der Waals surface area contributed by atoms with Gasteiger partial charge in [-0.1, -0.05) is 44.2 Å². The third-order valence-corrected chi connectivity index (χ3v) is 3.83. The maximum atomic E-state index is 12.5. The molecular weight excluding hydrogens is 328 g/mol. The van der Waals surface area contributed by atoms with Crippen molar-refractivity contribution in [2.75, 3.05) is 32.1 Å². The Hall–Kier alpha value is -2.47. The Balaban J connectivity index is 2.18. The van der Waals surface area contributed by atoms with Crippen LogP contribution in [0.25, 0.3) is 11.4 Å². The van der Waals surface area contributed by atoms with Gasteiger partial charge in [0.15, 0.2) is 5.82 Å². The molecule has 1 heterocycles. The largest absolute Gasteiger partial charge is 0.385 e. The second-order valence-electron chi connectivity index (χ2n) is 6.54. The molecule has 0 aliphatic rings. The van der Waals surface area contributed by atoms with Gasteiger partial charge >= 0.3 is 0 Å². The molecule has 26 heavy (non-hydrogen) atoms. The minimum atomic E-state index is -0.176. The van der Waals surface area contributed by atoms with Gasteiger partial charge in [0.2, 0.25) is 0 Å². The van der Waals surface area contributed by atoms with Crippen molar-refractivity contribution in [1.29, 1.82) is 0 Å². The molecule has 2 aromatic rings. The topological polar surface area (TPSA) is 76.1 Å². The van der Waals surface area contributed by atoms with E-state index in [2.05, 4.69) is 34.4 Å². The molecule has 0 saturated carbocycles. The normalized spacial score (nSPS) is 10.8. The van der Waals surface area contributed by atoms with Crippen molar-refractivity contribution in [3.8, 4) is 11.4 Å². The number of nitrogens with one attached hydrogen (secondary N) is 2. The number of methoxy groups -OCH3 is 1. The molecule has 0 saturated heterocycles. The van der Waals surface area contributed by atoms with Crippen LogP contribution in [0.4, 0.5) is 5.82 Å². The van der Waals surface area contributed by atoms with Gasteiger partial charge in [-0.05, 0) is 18.8 Å². The van der Waals surface area contributed by atoms with E-state index in [1.807, 2.05) is 30.3 Å². The molecule has 1 aromatic carbocycles. The van der Waals surface area contributed by atoms with Crippen molar-refractivity contribution < 1.29 is 9.53 Å². The Morgan fingerprint density at radius 1 is 1.15 bits per heavy atom. The number of carbonyl (C=O) groups is 1. The number of nitrogens with zero attached hydrogens (tertiary/aromatic N) is 2. The Kier molecular flexibility index (Phi) is 8.02. The molecule has 0 radical (unpaired) electrons. The lowest BCUT2D eigenvalue weighted by Crippen LogP contribution is -2.26. The van der Waals surface area contributed by atoms with Crippen molar-refractivity contribution in [3.63, 3.8) is 0 Å². The molecule has 0 aliphatic carbocycles. The standard InChI is InChI=1S/C20H28N4O2/c1-15(2)10-12-22-20(25)17-14-18(21-11-7-13-26-3)24-19(23-17)16-8-5-4-6-9-16/h4-6,8-9,14-15H,7,10-13H2,1-3H3,(H,22,25)(H,21,23,24). The van der Waals surface area contributed by atoms with Crippen molar-refractivity contribution >= 4 is 11.7 Å². The molecule has 6 nitrogen and oxygen atoms in total. The average Bonchev–Trinajstić information content (AvgIpc) is 2.65. The highest BCUT2D eigenvalue weighted by Crippen LogP contribution is 2.18. The third kappa shape index (κ3) is 6.44. The molecule has 140 valence electrons. The second kappa shape index (κ2) is 10.5. The lowest BCUT2D eigenvalue weighted by molar-refractivity contribution is 0.0947. The van der Waals surface area contributed by atoms with Crippen LogP contribution in [0.5, 0.6) is 0 Å². The van der Waals surface area contributed by atoms with Gasteiger partial charge in [-0.3, -0.25) is 4.79 Å². The first-order valence-electron chi connectivity index (χ1n) is 9.05. The van der Waals surface area contributed by atoms with Crippen LogP contribution in [0.2, 0.25) is 0 Å². The number of rotatable bonds is 10. The molecule has 0 atom stereocenters. The van der Waals surface area contributed by atoms with Crippen LogP contribution in [0, 0.1) is 5.92 Å². The SMILES string of the molecule is COCCCNc1cc(C(=O)NCCC(C)C)nc(-c2ccccc2)n1. The minimum absolute atomic E-state index is 0.176. The van der Waals surface area contributed by atoms with Gasteiger partial charge in [-0.2, -0.15) is 0 Å². The van der Waals surface area contributed by atoms with Gasteiger partial charge in [0.1, 0.15) is 11.5 Å². The van der Waals surface area contributed by atoms with E-state index in [0.717, 1.165) is 18.4 Å². The Morgan fingerprint density at radius 3 is 2.62 bits per heavy atom. The summed E-state index contributed by atoms with van der Waals surface area (Å²) in [4.78, 5) is 21.5. The zero-order valence-electron chi connectivity index (χ0n) is 15.8. The molecule has 2 N–H and O–H groups in total. The Morgan fingerprint density at radius 2 is 1.92 bits per heavy atom. The van der Waals surface area contributed by atoms with Crippen molar-refractivity contribution in [2.24, 2.45) is 5.92 Å².